The molecule has 1 aliphatic carbocycles. The Morgan fingerprint density at radius 2 is 1.71 bits per heavy atom. The minimum absolute atomic E-state index is 0.0599. The zero-order valence-corrected chi connectivity index (χ0v) is 19.4. The van der Waals surface area contributed by atoms with Gasteiger partial charge in [0, 0.05) is 36.7 Å². The molecular formula is C26H28N4O5. The second-order valence-corrected chi connectivity index (χ2v) is 8.52. The van der Waals surface area contributed by atoms with Gasteiger partial charge in [-0.2, -0.15) is 0 Å². The second-order valence-electron chi connectivity index (χ2n) is 8.52. The summed E-state index contributed by atoms with van der Waals surface area (Å²) in [7, 11) is 0. The molecule has 182 valence electrons. The van der Waals surface area contributed by atoms with E-state index in [0.717, 1.165) is 22.3 Å². The van der Waals surface area contributed by atoms with Gasteiger partial charge in [0.15, 0.2) is 0 Å². The molecule has 9 heteroatoms. The molecule has 35 heavy (non-hydrogen) atoms. The summed E-state index contributed by atoms with van der Waals surface area (Å²) in [5, 5.41) is 14.7. The van der Waals surface area contributed by atoms with E-state index in [0.29, 0.717) is 12.1 Å². The Hall–Kier alpha value is -4.14. The summed E-state index contributed by atoms with van der Waals surface area (Å²) < 4.78 is 5.56. The number of nitrogens with one attached hydrogen (secondary N) is 3. The fourth-order valence-corrected chi connectivity index (χ4v) is 4.40. The molecule has 4 N–H and O–H groups in total. The summed E-state index contributed by atoms with van der Waals surface area (Å²) >= 11 is 0. The number of alkyl carbamates (subject to hydrolysis) is 1. The summed E-state index contributed by atoms with van der Waals surface area (Å²) in [6.07, 6.45) is 2.84. The number of fused-ring (bicyclic) bond motifs is 3. The van der Waals surface area contributed by atoms with Crippen molar-refractivity contribution in [3.63, 3.8) is 0 Å². The van der Waals surface area contributed by atoms with Gasteiger partial charge in [-0.1, -0.05) is 55.5 Å². The fraction of sp³-hybridized carbons (Fsp3) is 0.308. The van der Waals surface area contributed by atoms with Gasteiger partial charge in [0.25, 0.3) is 0 Å². The van der Waals surface area contributed by atoms with Gasteiger partial charge in [0.1, 0.15) is 12.6 Å². The maximum absolute atomic E-state index is 12.5. The first kappa shape index (κ1) is 24.0. The molecule has 0 unspecified atom stereocenters. The van der Waals surface area contributed by atoms with Crippen molar-refractivity contribution >= 4 is 18.0 Å². The summed E-state index contributed by atoms with van der Waals surface area (Å²) in [4.78, 5) is 43.3. The number of carbonyl (C=O) groups excluding carboxylic acids is 2. The lowest BCUT2D eigenvalue weighted by atomic mass is 9.98. The van der Waals surface area contributed by atoms with Gasteiger partial charge >= 0.3 is 12.1 Å². The highest BCUT2D eigenvalue weighted by atomic mass is 16.5. The van der Waals surface area contributed by atoms with Crippen LogP contribution in [0, 0.1) is 0 Å². The van der Waals surface area contributed by atoms with Crippen molar-refractivity contribution in [3.05, 3.63) is 77.9 Å². The van der Waals surface area contributed by atoms with E-state index in [2.05, 4.69) is 32.7 Å². The number of aromatic nitrogens is 2. The van der Waals surface area contributed by atoms with Gasteiger partial charge in [0.2, 0.25) is 5.91 Å². The van der Waals surface area contributed by atoms with Gasteiger partial charge < -0.3 is 25.5 Å². The molecule has 0 bridgehead atoms. The average Bonchev–Trinajstić information content (AvgIpc) is 3.48. The highest BCUT2D eigenvalue weighted by Crippen LogP contribution is 2.44. The topological polar surface area (TPSA) is 133 Å². The van der Waals surface area contributed by atoms with Gasteiger partial charge in [-0.15, -0.1) is 0 Å². The van der Waals surface area contributed by atoms with Crippen molar-refractivity contribution in [3.8, 4) is 11.1 Å². The SMILES string of the molecule is CC[C@H](CC(=O)N[C@@H](Cc1cnc[nH]1)C(=O)O)NC(=O)OCC1c2ccccc2-c2ccccc21. The van der Waals surface area contributed by atoms with Crippen molar-refractivity contribution in [1.82, 2.24) is 20.6 Å². The number of H-pyrrole nitrogens is 1. The summed E-state index contributed by atoms with van der Waals surface area (Å²) in [5.41, 5.74) is 5.11. The largest absolute Gasteiger partial charge is 0.480 e. The zero-order chi connectivity index (χ0) is 24.8. The van der Waals surface area contributed by atoms with Crippen LogP contribution in [-0.2, 0) is 20.7 Å². The third-order valence-electron chi connectivity index (χ3n) is 6.20. The van der Waals surface area contributed by atoms with Gasteiger partial charge in [-0.25, -0.2) is 14.6 Å². The Morgan fingerprint density at radius 1 is 1.06 bits per heavy atom. The predicted molar refractivity (Wildman–Crippen MR) is 129 cm³/mol. The molecule has 0 radical (unpaired) electrons. The van der Waals surface area contributed by atoms with E-state index in [1.165, 1.54) is 12.5 Å². The third kappa shape index (κ3) is 5.68. The second kappa shape index (κ2) is 10.9. The minimum atomic E-state index is -1.15. The summed E-state index contributed by atoms with van der Waals surface area (Å²) in [6.45, 7) is 2.01. The van der Waals surface area contributed by atoms with Crippen LogP contribution in [0.1, 0.15) is 42.5 Å². The number of hydrogen-bond acceptors (Lipinski definition) is 5. The van der Waals surface area contributed by atoms with E-state index in [-0.39, 0.29) is 25.4 Å². The molecule has 3 aromatic rings. The normalized spacial score (nSPS) is 13.9. The number of carboxylic acids is 1. The van der Waals surface area contributed by atoms with Gasteiger partial charge in [-0.05, 0) is 28.7 Å². The standard InChI is InChI=1S/C26H28N4O5/c1-2-16(12-24(31)30-23(25(32)33)11-17-13-27-15-28-17)29-26(34)35-14-22-20-9-5-3-7-18(20)19-8-4-6-10-21(19)22/h3-10,13,15-16,22-23H,2,11-12,14H2,1H3,(H,27,28)(H,29,34)(H,30,31)(H,32,33)/t16-,23+/m1/s1. The first-order valence-corrected chi connectivity index (χ1v) is 11.6. The molecule has 9 nitrogen and oxygen atoms in total. The predicted octanol–water partition coefficient (Wildman–Crippen LogP) is 3.23. The Labute approximate surface area is 202 Å². The number of hydrogen-bond donors (Lipinski definition) is 4. The Balaban J connectivity index is 1.31. The average molecular weight is 477 g/mol. The highest BCUT2D eigenvalue weighted by molar-refractivity contribution is 5.84. The number of aliphatic carboxylic acids is 1. The van der Waals surface area contributed by atoms with E-state index in [9.17, 15) is 19.5 Å². The number of rotatable bonds is 10. The fourth-order valence-electron chi connectivity index (χ4n) is 4.40. The Morgan fingerprint density at radius 3 is 2.29 bits per heavy atom. The number of nitrogens with zero attached hydrogens (tertiary/aromatic N) is 1. The molecule has 4 rings (SSSR count). The molecule has 0 spiro atoms. The summed E-state index contributed by atoms with van der Waals surface area (Å²) in [6, 6.07) is 14.6. The number of imidazole rings is 1. The van der Waals surface area contributed by atoms with Crippen molar-refractivity contribution in [2.75, 3.05) is 6.61 Å². The number of ether oxygens (including phenoxy) is 1. The van der Waals surface area contributed by atoms with Crippen LogP contribution in [-0.4, -0.2) is 51.7 Å². The first-order valence-electron chi connectivity index (χ1n) is 11.6. The van der Waals surface area contributed by atoms with Gasteiger partial charge in [0.05, 0.1) is 6.33 Å². The van der Waals surface area contributed by atoms with Crippen molar-refractivity contribution in [2.24, 2.45) is 0 Å². The number of carboxylic acid groups (broad SMARTS) is 1. The minimum Gasteiger partial charge on any atom is -0.480 e. The number of benzene rings is 2. The molecule has 1 aliphatic rings. The Bertz CT molecular complexity index is 1150. The summed E-state index contributed by atoms with van der Waals surface area (Å²) in [5.74, 6) is -1.68. The number of aromatic amines is 1. The lowest BCUT2D eigenvalue weighted by molar-refractivity contribution is -0.141. The molecule has 0 fully saturated rings. The van der Waals surface area contributed by atoms with Crippen LogP contribution in [0.2, 0.25) is 0 Å². The molecule has 1 aromatic heterocycles. The smallest absolute Gasteiger partial charge is 0.407 e. The van der Waals surface area contributed by atoms with Crippen LogP contribution >= 0.6 is 0 Å². The molecule has 0 saturated heterocycles. The van der Waals surface area contributed by atoms with Crippen LogP contribution in [0.4, 0.5) is 4.79 Å². The van der Waals surface area contributed by atoms with Crippen LogP contribution in [0.3, 0.4) is 0 Å². The number of carbonyl (C=O) groups is 3. The van der Waals surface area contributed by atoms with E-state index in [1.54, 1.807) is 0 Å². The molecule has 2 atom stereocenters. The van der Waals surface area contributed by atoms with Crippen LogP contribution in [0.5, 0.6) is 0 Å². The monoisotopic (exact) mass is 476 g/mol. The molecule has 2 amide bonds. The quantitative estimate of drug-likeness (QED) is 0.355. The van der Waals surface area contributed by atoms with Crippen LogP contribution in [0.25, 0.3) is 11.1 Å². The van der Waals surface area contributed by atoms with E-state index >= 15 is 0 Å². The number of amides is 2. The zero-order valence-electron chi connectivity index (χ0n) is 19.4. The van der Waals surface area contributed by atoms with Crippen molar-refractivity contribution in [1.29, 1.82) is 0 Å². The highest BCUT2D eigenvalue weighted by Gasteiger charge is 2.29. The first-order chi connectivity index (χ1) is 17.0. The molecule has 0 saturated carbocycles. The van der Waals surface area contributed by atoms with Crippen LogP contribution in [0.15, 0.2) is 61.1 Å². The van der Waals surface area contributed by atoms with E-state index < -0.39 is 30.1 Å². The molecular weight excluding hydrogens is 448 g/mol. The van der Waals surface area contributed by atoms with Crippen molar-refractivity contribution in [2.45, 2.75) is 44.2 Å². The lowest BCUT2D eigenvalue weighted by Gasteiger charge is -2.20. The van der Waals surface area contributed by atoms with Gasteiger partial charge in [-0.3, -0.25) is 4.79 Å². The third-order valence-corrected chi connectivity index (χ3v) is 6.20. The van der Waals surface area contributed by atoms with Crippen LogP contribution < -0.4 is 10.6 Å². The maximum Gasteiger partial charge on any atom is 0.407 e. The van der Waals surface area contributed by atoms with Crippen molar-refractivity contribution < 1.29 is 24.2 Å². The molecule has 2 aromatic carbocycles. The van der Waals surface area contributed by atoms with E-state index in [4.69, 9.17) is 4.74 Å². The lowest BCUT2D eigenvalue weighted by Crippen LogP contribution is -2.45. The maximum atomic E-state index is 12.5. The Kier molecular flexibility index (Phi) is 7.45. The molecule has 0 aliphatic heterocycles. The molecule has 1 heterocycles. The van der Waals surface area contributed by atoms with E-state index in [1.807, 2.05) is 43.3 Å².